The van der Waals surface area contributed by atoms with Crippen LogP contribution in [0.3, 0.4) is 0 Å². The fraction of sp³-hybridized carbons (Fsp3) is 0.606. The van der Waals surface area contributed by atoms with E-state index in [0.29, 0.717) is 43.8 Å². The molecule has 3 aliphatic rings. The number of amides is 3. The first-order valence-corrected chi connectivity index (χ1v) is 15.1. The number of aliphatic hydroxyl groups excluding tert-OH is 1. The van der Waals surface area contributed by atoms with Crippen molar-refractivity contribution in [1.29, 1.82) is 0 Å². The normalized spacial score (nSPS) is 28.5. The molecule has 3 fully saturated rings. The Kier molecular flexibility index (Phi) is 9.52. The first-order valence-electron chi connectivity index (χ1n) is 15.1. The second-order valence-corrected chi connectivity index (χ2v) is 12.4. The quantitative estimate of drug-likeness (QED) is 0.336. The van der Waals surface area contributed by atoms with E-state index in [2.05, 4.69) is 13.2 Å². The van der Waals surface area contributed by atoms with Gasteiger partial charge in [0.15, 0.2) is 0 Å². The molecule has 2 bridgehead atoms. The maximum absolute atomic E-state index is 14.8. The van der Waals surface area contributed by atoms with Gasteiger partial charge in [-0.2, -0.15) is 0 Å². The monoisotopic (exact) mass is 581 g/mol. The third kappa shape index (κ3) is 5.26. The molecule has 1 N–H and O–H groups in total. The van der Waals surface area contributed by atoms with Gasteiger partial charge in [0.1, 0.15) is 17.4 Å². The molecule has 0 radical (unpaired) electrons. The van der Waals surface area contributed by atoms with Crippen LogP contribution in [-0.4, -0.2) is 89.3 Å². The van der Waals surface area contributed by atoms with Gasteiger partial charge in [-0.1, -0.05) is 32.9 Å². The van der Waals surface area contributed by atoms with Crippen LogP contribution in [0.15, 0.2) is 49.6 Å². The minimum atomic E-state index is -1.19. The SMILES string of the molecule is C=CCN(CCC)C(=O)[C@@H]1[C@H]2C(=O)N([C@@H](CO)CC(C)C)C(C(=O)N(CC=C)c3ccc(OC)cc3)C23CC[C@@]1(C)O3. The predicted molar refractivity (Wildman–Crippen MR) is 162 cm³/mol. The van der Waals surface area contributed by atoms with E-state index in [-0.39, 0.29) is 36.8 Å². The number of carbonyl (C=O) groups excluding carboxylic acids is 3. The number of fused-ring (bicyclic) bond motifs is 1. The summed E-state index contributed by atoms with van der Waals surface area (Å²) in [7, 11) is 1.58. The van der Waals surface area contributed by atoms with Gasteiger partial charge in [-0.15, -0.1) is 13.2 Å². The van der Waals surface area contributed by atoms with Crippen LogP contribution in [0.5, 0.6) is 5.75 Å². The van der Waals surface area contributed by atoms with Gasteiger partial charge in [-0.3, -0.25) is 14.4 Å². The molecule has 3 amide bonds. The summed E-state index contributed by atoms with van der Waals surface area (Å²) < 4.78 is 12.1. The van der Waals surface area contributed by atoms with Crippen LogP contribution in [-0.2, 0) is 19.1 Å². The van der Waals surface area contributed by atoms with Crippen molar-refractivity contribution in [3.63, 3.8) is 0 Å². The van der Waals surface area contributed by atoms with Crippen molar-refractivity contribution in [2.45, 2.75) is 76.7 Å². The Morgan fingerprint density at radius 3 is 2.38 bits per heavy atom. The van der Waals surface area contributed by atoms with Crippen LogP contribution < -0.4 is 9.64 Å². The van der Waals surface area contributed by atoms with E-state index in [1.165, 1.54) is 0 Å². The molecule has 9 heteroatoms. The Morgan fingerprint density at radius 1 is 1.17 bits per heavy atom. The van der Waals surface area contributed by atoms with E-state index in [9.17, 15) is 19.5 Å². The third-order valence-corrected chi connectivity index (χ3v) is 9.18. The average molecular weight is 582 g/mol. The summed E-state index contributed by atoms with van der Waals surface area (Å²) in [6.07, 6.45) is 5.64. The summed E-state index contributed by atoms with van der Waals surface area (Å²) in [5.74, 6) is -1.50. The van der Waals surface area contributed by atoms with Gasteiger partial charge in [-0.25, -0.2) is 0 Å². The fourth-order valence-corrected chi connectivity index (χ4v) is 7.51. The number of nitrogens with zero attached hydrogens (tertiary/aromatic N) is 3. The second-order valence-electron chi connectivity index (χ2n) is 12.4. The Hall–Kier alpha value is -3.17. The summed E-state index contributed by atoms with van der Waals surface area (Å²) in [4.78, 5) is 48.5. The summed E-state index contributed by atoms with van der Waals surface area (Å²) in [5, 5.41) is 10.6. The number of hydrogen-bond donors (Lipinski definition) is 1. The number of benzene rings is 1. The predicted octanol–water partition coefficient (Wildman–Crippen LogP) is 3.81. The highest BCUT2D eigenvalue weighted by molar-refractivity contribution is 6.05. The molecule has 1 aromatic rings. The highest BCUT2D eigenvalue weighted by Gasteiger charge is 2.78. The van der Waals surface area contributed by atoms with Crippen LogP contribution >= 0.6 is 0 Å². The minimum Gasteiger partial charge on any atom is -0.497 e. The number of ether oxygens (including phenoxy) is 2. The van der Waals surface area contributed by atoms with Crippen LogP contribution in [0.1, 0.15) is 53.4 Å². The molecule has 0 aromatic heterocycles. The van der Waals surface area contributed by atoms with Crippen LogP contribution in [0.2, 0.25) is 0 Å². The molecular weight excluding hydrogens is 534 g/mol. The van der Waals surface area contributed by atoms with Crippen molar-refractivity contribution in [2.75, 3.05) is 38.3 Å². The third-order valence-electron chi connectivity index (χ3n) is 9.18. The molecule has 1 spiro atoms. The summed E-state index contributed by atoms with van der Waals surface area (Å²) in [5.41, 5.74) is -1.44. The van der Waals surface area contributed by atoms with E-state index in [1.54, 1.807) is 58.2 Å². The molecule has 3 aliphatic heterocycles. The summed E-state index contributed by atoms with van der Waals surface area (Å²) in [6, 6.07) is 5.55. The molecule has 0 saturated carbocycles. The van der Waals surface area contributed by atoms with E-state index >= 15 is 0 Å². The van der Waals surface area contributed by atoms with Gasteiger partial charge in [0.05, 0.1) is 37.2 Å². The summed E-state index contributed by atoms with van der Waals surface area (Å²) >= 11 is 0. The second kappa shape index (κ2) is 12.6. The lowest BCUT2D eigenvalue weighted by molar-refractivity contribution is -0.152. The number of likely N-dealkylation sites (tertiary alicyclic amines) is 1. The molecular formula is C33H47N3O6. The summed E-state index contributed by atoms with van der Waals surface area (Å²) in [6.45, 7) is 16.5. The van der Waals surface area contributed by atoms with Gasteiger partial charge >= 0.3 is 0 Å². The molecule has 4 rings (SSSR count). The Bertz CT molecular complexity index is 1180. The molecule has 3 heterocycles. The average Bonchev–Trinajstić information content (AvgIpc) is 3.54. The number of rotatable bonds is 14. The van der Waals surface area contributed by atoms with Crippen molar-refractivity contribution in [1.82, 2.24) is 9.80 Å². The van der Waals surface area contributed by atoms with E-state index in [1.807, 2.05) is 27.7 Å². The number of hydrogen-bond acceptors (Lipinski definition) is 6. The lowest BCUT2D eigenvalue weighted by Crippen LogP contribution is -2.59. The molecule has 1 aromatic carbocycles. The fourth-order valence-electron chi connectivity index (χ4n) is 7.51. The largest absolute Gasteiger partial charge is 0.497 e. The zero-order valence-electron chi connectivity index (χ0n) is 25.8. The van der Waals surface area contributed by atoms with Gasteiger partial charge < -0.3 is 29.3 Å². The number of methoxy groups -OCH3 is 1. The maximum atomic E-state index is 14.8. The van der Waals surface area contributed by atoms with Crippen LogP contribution in [0, 0.1) is 17.8 Å². The smallest absolute Gasteiger partial charge is 0.253 e. The van der Waals surface area contributed by atoms with Gasteiger partial charge in [0, 0.05) is 25.3 Å². The van der Waals surface area contributed by atoms with E-state index in [0.717, 1.165) is 6.42 Å². The lowest BCUT2D eigenvalue weighted by Gasteiger charge is -2.40. The van der Waals surface area contributed by atoms with Gasteiger partial charge in [0.2, 0.25) is 11.8 Å². The van der Waals surface area contributed by atoms with Crippen molar-refractivity contribution in [3.05, 3.63) is 49.6 Å². The van der Waals surface area contributed by atoms with Crippen molar-refractivity contribution in [2.24, 2.45) is 17.8 Å². The van der Waals surface area contributed by atoms with Gasteiger partial charge in [-0.05, 0) is 62.8 Å². The molecule has 0 aliphatic carbocycles. The van der Waals surface area contributed by atoms with Crippen LogP contribution in [0.25, 0.3) is 0 Å². The topological polar surface area (TPSA) is 99.6 Å². The zero-order chi connectivity index (χ0) is 30.8. The van der Waals surface area contributed by atoms with Crippen molar-refractivity contribution < 1.29 is 29.0 Å². The molecule has 3 saturated heterocycles. The highest BCUT2D eigenvalue weighted by Crippen LogP contribution is 2.64. The number of carbonyl (C=O) groups is 3. The standard InChI is InChI=1S/C33H47N3O6/c1-8-17-34(18-9-2)29(38)26-27-30(39)36(24(21-37)20-22(4)5)28(33(27)16-15-32(26,6)42-33)31(40)35(19-10-3)23-11-13-25(41-7)14-12-23/h8,10-14,22,24,26-28,37H,1,3,9,15-21H2,2,4-7H3/t24-,26+,27+,28?,32-,33?/m1/s1. The van der Waals surface area contributed by atoms with Gasteiger partial charge in [0.25, 0.3) is 5.91 Å². The molecule has 230 valence electrons. The van der Waals surface area contributed by atoms with Crippen molar-refractivity contribution >= 4 is 23.4 Å². The number of anilines is 1. The van der Waals surface area contributed by atoms with E-state index in [4.69, 9.17) is 9.47 Å². The molecule has 42 heavy (non-hydrogen) atoms. The number of aliphatic hydroxyl groups is 1. The molecule has 6 atom stereocenters. The Balaban J connectivity index is 1.85. The molecule has 9 nitrogen and oxygen atoms in total. The van der Waals surface area contributed by atoms with E-state index < -0.39 is 35.1 Å². The lowest BCUT2D eigenvalue weighted by atomic mass is 9.66. The van der Waals surface area contributed by atoms with Crippen LogP contribution in [0.4, 0.5) is 5.69 Å². The first-order chi connectivity index (χ1) is 20.0. The highest BCUT2D eigenvalue weighted by atomic mass is 16.5. The molecule has 2 unspecified atom stereocenters. The minimum absolute atomic E-state index is 0.144. The zero-order valence-corrected chi connectivity index (χ0v) is 25.8. The Labute approximate surface area is 250 Å². The maximum Gasteiger partial charge on any atom is 0.253 e. The van der Waals surface area contributed by atoms with Crippen molar-refractivity contribution in [3.8, 4) is 5.75 Å². The Morgan fingerprint density at radius 2 is 1.83 bits per heavy atom. The first kappa shape index (κ1) is 31.8.